The first-order chi connectivity index (χ1) is 5.43. The fourth-order valence-corrected chi connectivity index (χ4v) is 0.909. The van der Waals surface area contributed by atoms with Gasteiger partial charge in [-0.2, -0.15) is 0 Å². The van der Waals surface area contributed by atoms with Crippen LogP contribution in [0.1, 0.15) is 12.5 Å². The van der Waals surface area contributed by atoms with Crippen LogP contribution in [-0.2, 0) is 6.42 Å². The number of hydrogen-bond acceptors (Lipinski definition) is 0. The van der Waals surface area contributed by atoms with E-state index in [1.807, 2.05) is 25.1 Å². The molecule has 1 aromatic carbocycles. The van der Waals surface area contributed by atoms with Gasteiger partial charge in [0.25, 0.3) is 0 Å². The molecule has 0 atom stereocenters. The molecule has 0 bridgehead atoms. The Hall–Kier alpha value is -1.26. The molecule has 0 unspecified atom stereocenters. The molecule has 0 N–H and O–H groups in total. The number of hydrogen-bond donors (Lipinski definition) is 0. The van der Waals surface area contributed by atoms with E-state index in [-0.39, 0.29) is 0 Å². The molecule has 0 saturated carbocycles. The lowest BCUT2D eigenvalue weighted by molar-refractivity contribution is 1.27. The molecule has 1 aromatic rings. The van der Waals surface area contributed by atoms with E-state index >= 15 is 0 Å². The zero-order chi connectivity index (χ0) is 7.94. The third kappa shape index (κ3) is 2.88. The summed E-state index contributed by atoms with van der Waals surface area (Å²) in [5.74, 6) is 0. The molecule has 56 valence electrons. The van der Waals surface area contributed by atoms with E-state index in [9.17, 15) is 0 Å². The molecular formula is C11H12. The first-order valence-corrected chi connectivity index (χ1v) is 3.83. The van der Waals surface area contributed by atoms with Gasteiger partial charge in [0.05, 0.1) is 0 Å². The average molecular weight is 144 g/mol. The van der Waals surface area contributed by atoms with E-state index in [2.05, 4.69) is 30.0 Å². The zero-order valence-corrected chi connectivity index (χ0v) is 6.75. The van der Waals surface area contributed by atoms with Crippen molar-refractivity contribution in [3.05, 3.63) is 53.8 Å². The first kappa shape index (κ1) is 7.84. The summed E-state index contributed by atoms with van der Waals surface area (Å²) < 4.78 is 0. The minimum Gasteiger partial charge on any atom is -0.130 e. The molecule has 11 heavy (non-hydrogen) atoms. The predicted molar refractivity (Wildman–Crippen MR) is 48.5 cm³/mol. The van der Waals surface area contributed by atoms with Crippen LogP contribution in [0.25, 0.3) is 0 Å². The quantitative estimate of drug-likeness (QED) is 0.560. The molecule has 0 amide bonds. The number of rotatable bonds is 2. The van der Waals surface area contributed by atoms with Crippen molar-refractivity contribution in [3.63, 3.8) is 0 Å². The second-order valence-corrected chi connectivity index (χ2v) is 2.35. The van der Waals surface area contributed by atoms with Crippen LogP contribution >= 0.6 is 0 Å². The Labute approximate surface area is 67.9 Å². The molecular weight excluding hydrogens is 132 g/mol. The van der Waals surface area contributed by atoms with Crippen molar-refractivity contribution in [2.75, 3.05) is 0 Å². The fraction of sp³-hybridized carbons (Fsp3) is 0.182. The Morgan fingerprint density at radius 3 is 2.64 bits per heavy atom. The highest BCUT2D eigenvalue weighted by atomic mass is 13.9. The van der Waals surface area contributed by atoms with Crippen molar-refractivity contribution >= 4 is 0 Å². The number of allylic oxidation sites excluding steroid dienone is 1. The maximum absolute atomic E-state index is 3.05. The molecule has 0 heterocycles. The Balaban J connectivity index is 2.59. The highest BCUT2D eigenvalue weighted by Gasteiger charge is 1.83. The molecule has 0 aliphatic heterocycles. The normalized spacial score (nSPS) is 8.45. The lowest BCUT2D eigenvalue weighted by Crippen LogP contribution is -1.76. The molecule has 0 saturated heterocycles. The first-order valence-electron chi connectivity index (χ1n) is 3.83. The lowest BCUT2D eigenvalue weighted by Gasteiger charge is -1.91. The van der Waals surface area contributed by atoms with Crippen LogP contribution in [0.2, 0.25) is 0 Å². The molecule has 0 fully saturated rings. The van der Waals surface area contributed by atoms with Crippen molar-refractivity contribution in [1.29, 1.82) is 0 Å². The van der Waals surface area contributed by atoms with Crippen LogP contribution < -0.4 is 0 Å². The van der Waals surface area contributed by atoms with E-state index < -0.39 is 0 Å². The highest BCUT2D eigenvalue weighted by Crippen LogP contribution is 1.98. The fourth-order valence-electron chi connectivity index (χ4n) is 0.909. The monoisotopic (exact) mass is 144 g/mol. The maximum Gasteiger partial charge on any atom is -0.00214 e. The average Bonchev–Trinajstić information content (AvgIpc) is 2.07. The third-order valence-electron chi connectivity index (χ3n) is 1.47. The van der Waals surface area contributed by atoms with E-state index in [1.54, 1.807) is 0 Å². The largest absolute Gasteiger partial charge is 0.130 e. The van der Waals surface area contributed by atoms with Gasteiger partial charge in [-0.15, -0.1) is 5.73 Å². The van der Waals surface area contributed by atoms with Gasteiger partial charge < -0.3 is 0 Å². The van der Waals surface area contributed by atoms with Crippen molar-refractivity contribution in [2.45, 2.75) is 13.3 Å². The lowest BCUT2D eigenvalue weighted by atomic mass is 10.1. The predicted octanol–water partition coefficient (Wildman–Crippen LogP) is 2.96. The van der Waals surface area contributed by atoms with Gasteiger partial charge in [-0.3, -0.25) is 0 Å². The standard InChI is InChI=1S/C11H12/c1-2-3-5-8-11-9-6-4-7-10-11/h2,4-7,9-10H,8H2,1H3. The summed E-state index contributed by atoms with van der Waals surface area (Å²) in [7, 11) is 0. The van der Waals surface area contributed by atoms with Gasteiger partial charge in [0.2, 0.25) is 0 Å². The van der Waals surface area contributed by atoms with Gasteiger partial charge in [-0.1, -0.05) is 30.3 Å². The summed E-state index contributed by atoms with van der Waals surface area (Å²) in [4.78, 5) is 0. The van der Waals surface area contributed by atoms with Crippen molar-refractivity contribution in [2.24, 2.45) is 0 Å². The van der Waals surface area contributed by atoms with Gasteiger partial charge in [0.15, 0.2) is 0 Å². The van der Waals surface area contributed by atoms with Gasteiger partial charge in [-0.25, -0.2) is 0 Å². The van der Waals surface area contributed by atoms with E-state index in [4.69, 9.17) is 0 Å². The SMILES string of the molecule is CC=C=CCc1ccccc1. The smallest absolute Gasteiger partial charge is 0.00214 e. The van der Waals surface area contributed by atoms with Crippen LogP contribution in [0.3, 0.4) is 0 Å². The topological polar surface area (TPSA) is 0 Å². The second-order valence-electron chi connectivity index (χ2n) is 2.35. The van der Waals surface area contributed by atoms with Gasteiger partial charge in [0, 0.05) is 0 Å². The molecule has 0 radical (unpaired) electrons. The molecule has 0 heteroatoms. The summed E-state index contributed by atoms with van der Waals surface area (Å²) in [6.45, 7) is 1.97. The summed E-state index contributed by atoms with van der Waals surface area (Å²) >= 11 is 0. The molecule has 1 rings (SSSR count). The van der Waals surface area contributed by atoms with Crippen molar-refractivity contribution < 1.29 is 0 Å². The minimum atomic E-state index is 0.977. The maximum atomic E-state index is 3.05. The molecule has 0 aliphatic carbocycles. The van der Waals surface area contributed by atoms with Crippen LogP contribution in [0.4, 0.5) is 0 Å². The van der Waals surface area contributed by atoms with Gasteiger partial charge >= 0.3 is 0 Å². The van der Waals surface area contributed by atoms with E-state index in [0.717, 1.165) is 6.42 Å². The van der Waals surface area contributed by atoms with Gasteiger partial charge in [-0.05, 0) is 31.1 Å². The Kier molecular flexibility index (Phi) is 3.24. The molecule has 0 nitrogen and oxygen atoms in total. The van der Waals surface area contributed by atoms with E-state index in [0.29, 0.717) is 0 Å². The Morgan fingerprint density at radius 1 is 1.27 bits per heavy atom. The summed E-state index contributed by atoms with van der Waals surface area (Å²) in [5.41, 5.74) is 4.38. The second kappa shape index (κ2) is 4.54. The Morgan fingerprint density at radius 2 is 2.00 bits per heavy atom. The number of benzene rings is 1. The summed E-state index contributed by atoms with van der Waals surface area (Å²) in [5, 5.41) is 0. The minimum absolute atomic E-state index is 0.977. The molecule has 0 aliphatic rings. The van der Waals surface area contributed by atoms with Crippen LogP contribution in [0.15, 0.2) is 48.2 Å². The summed E-state index contributed by atoms with van der Waals surface area (Å²) in [6.07, 6.45) is 4.93. The van der Waals surface area contributed by atoms with Crippen LogP contribution in [-0.4, -0.2) is 0 Å². The third-order valence-corrected chi connectivity index (χ3v) is 1.47. The highest BCUT2D eigenvalue weighted by molar-refractivity contribution is 5.17. The van der Waals surface area contributed by atoms with Gasteiger partial charge in [0.1, 0.15) is 0 Å². The molecule has 0 aromatic heterocycles. The van der Waals surface area contributed by atoms with E-state index in [1.165, 1.54) is 5.56 Å². The Bertz CT molecular complexity index is 251. The van der Waals surface area contributed by atoms with Crippen LogP contribution in [0, 0.1) is 0 Å². The van der Waals surface area contributed by atoms with Crippen molar-refractivity contribution in [3.8, 4) is 0 Å². The molecule has 0 spiro atoms. The van der Waals surface area contributed by atoms with Crippen molar-refractivity contribution in [1.82, 2.24) is 0 Å². The van der Waals surface area contributed by atoms with Crippen LogP contribution in [0.5, 0.6) is 0 Å². The summed E-state index contributed by atoms with van der Waals surface area (Å²) in [6, 6.07) is 10.4. The zero-order valence-electron chi connectivity index (χ0n) is 6.75.